The van der Waals surface area contributed by atoms with Gasteiger partial charge in [0.15, 0.2) is 0 Å². The van der Waals surface area contributed by atoms with Crippen LogP contribution in [0.3, 0.4) is 0 Å². The van der Waals surface area contributed by atoms with Gasteiger partial charge in [0, 0.05) is 45.2 Å². The molecule has 5 rings (SSSR count). The summed E-state index contributed by atoms with van der Waals surface area (Å²) in [5.41, 5.74) is 2.06. The molecule has 5 heteroatoms. The summed E-state index contributed by atoms with van der Waals surface area (Å²) in [6, 6.07) is 20.9. The molecule has 2 amide bonds. The molecule has 3 aliphatic rings. The predicted molar refractivity (Wildman–Crippen MR) is 128 cm³/mol. The molecule has 0 aliphatic carbocycles. The zero-order valence-electron chi connectivity index (χ0n) is 19.3. The van der Waals surface area contributed by atoms with Crippen LogP contribution in [0.25, 0.3) is 0 Å². The molecule has 1 spiro atoms. The smallest absolute Gasteiger partial charge is 0.229 e. The summed E-state index contributed by atoms with van der Waals surface area (Å²) in [6.45, 7) is 3.44. The Balaban J connectivity index is 1.34. The minimum atomic E-state index is -0.382. The van der Waals surface area contributed by atoms with Crippen LogP contribution in [-0.4, -0.2) is 49.6 Å². The Kier molecular flexibility index (Phi) is 6.24. The van der Waals surface area contributed by atoms with E-state index in [4.69, 9.17) is 4.74 Å². The lowest BCUT2D eigenvalue weighted by atomic mass is 9.62. The van der Waals surface area contributed by atoms with Gasteiger partial charge >= 0.3 is 0 Å². The molecule has 2 aromatic rings. The molecule has 5 nitrogen and oxygen atoms in total. The second-order valence-corrected chi connectivity index (χ2v) is 10.2. The normalized spacial score (nSPS) is 24.3. The van der Waals surface area contributed by atoms with Crippen LogP contribution in [0.5, 0.6) is 0 Å². The highest BCUT2D eigenvalue weighted by atomic mass is 16.5. The Morgan fingerprint density at radius 2 is 1.58 bits per heavy atom. The maximum atomic E-state index is 14.0. The summed E-state index contributed by atoms with van der Waals surface area (Å²) in [5, 5.41) is 3.09. The van der Waals surface area contributed by atoms with Crippen molar-refractivity contribution >= 4 is 11.8 Å². The van der Waals surface area contributed by atoms with E-state index in [-0.39, 0.29) is 22.6 Å². The van der Waals surface area contributed by atoms with Crippen molar-refractivity contribution in [1.82, 2.24) is 10.2 Å². The van der Waals surface area contributed by atoms with Gasteiger partial charge in [-0.2, -0.15) is 0 Å². The van der Waals surface area contributed by atoms with Gasteiger partial charge in [0.1, 0.15) is 0 Å². The summed E-state index contributed by atoms with van der Waals surface area (Å²) in [5.74, 6) is 0.725. The Morgan fingerprint density at radius 1 is 0.939 bits per heavy atom. The van der Waals surface area contributed by atoms with Crippen LogP contribution in [0.15, 0.2) is 60.7 Å². The first-order valence-electron chi connectivity index (χ1n) is 12.3. The number of piperidine rings is 2. The van der Waals surface area contributed by atoms with Gasteiger partial charge in [-0.05, 0) is 48.6 Å². The second-order valence-electron chi connectivity index (χ2n) is 10.2. The average Bonchev–Trinajstić information content (AvgIpc) is 2.86. The fraction of sp³-hybridized carbons (Fsp3) is 0.500. The maximum Gasteiger partial charge on any atom is 0.229 e. The summed E-state index contributed by atoms with van der Waals surface area (Å²) in [6.07, 6.45) is 4.63. The van der Waals surface area contributed by atoms with Crippen molar-refractivity contribution in [1.29, 1.82) is 0 Å². The van der Waals surface area contributed by atoms with Gasteiger partial charge in [-0.1, -0.05) is 60.7 Å². The second kappa shape index (κ2) is 9.30. The molecule has 3 fully saturated rings. The number of hydrogen-bond donors (Lipinski definition) is 1. The van der Waals surface area contributed by atoms with E-state index >= 15 is 0 Å². The third-order valence-electron chi connectivity index (χ3n) is 8.29. The Bertz CT molecular complexity index is 961. The quantitative estimate of drug-likeness (QED) is 0.774. The van der Waals surface area contributed by atoms with Crippen LogP contribution >= 0.6 is 0 Å². The number of hydrogen-bond acceptors (Lipinski definition) is 3. The van der Waals surface area contributed by atoms with Gasteiger partial charge < -0.3 is 15.0 Å². The highest BCUT2D eigenvalue weighted by molar-refractivity contribution is 5.83. The fourth-order valence-corrected chi connectivity index (χ4v) is 6.33. The molecule has 0 radical (unpaired) electrons. The molecule has 1 atom stereocenters. The molecule has 174 valence electrons. The summed E-state index contributed by atoms with van der Waals surface area (Å²) in [4.78, 5) is 28.5. The molecule has 0 bridgehead atoms. The van der Waals surface area contributed by atoms with Crippen LogP contribution in [0.1, 0.15) is 49.1 Å². The number of rotatable bonds is 4. The van der Waals surface area contributed by atoms with E-state index in [1.165, 1.54) is 11.1 Å². The van der Waals surface area contributed by atoms with Crippen molar-refractivity contribution in [2.45, 2.75) is 44.4 Å². The number of carbonyl (C=O) groups excluding carboxylic acids is 2. The van der Waals surface area contributed by atoms with E-state index in [0.717, 1.165) is 45.2 Å². The van der Waals surface area contributed by atoms with Crippen molar-refractivity contribution in [2.75, 3.05) is 32.8 Å². The number of nitrogens with zero attached hydrogens (tertiary/aromatic N) is 1. The van der Waals surface area contributed by atoms with Gasteiger partial charge in [0.05, 0.1) is 5.41 Å². The van der Waals surface area contributed by atoms with Gasteiger partial charge in [0.2, 0.25) is 11.8 Å². The Morgan fingerprint density at radius 3 is 2.24 bits per heavy atom. The van der Waals surface area contributed by atoms with E-state index in [1.807, 2.05) is 12.1 Å². The van der Waals surface area contributed by atoms with E-state index in [2.05, 4.69) is 58.7 Å². The van der Waals surface area contributed by atoms with Crippen LogP contribution in [0, 0.1) is 10.8 Å². The standard InChI is InChI=1S/C28H34N2O3/c31-25-20-27(24(21-29-25)23-9-5-2-6-10-23)11-15-30(16-12-27)26(32)28(13-17-33-18-14-28)19-22-7-3-1-4-8-22/h1-10,24H,11-21H2,(H,29,31). The van der Waals surface area contributed by atoms with Gasteiger partial charge in [0.25, 0.3) is 0 Å². The van der Waals surface area contributed by atoms with E-state index in [0.29, 0.717) is 32.1 Å². The molecular weight excluding hydrogens is 412 g/mol. The lowest BCUT2D eigenvalue weighted by Crippen LogP contribution is -2.56. The molecule has 3 heterocycles. The molecular formula is C28H34N2O3. The molecule has 2 aromatic carbocycles. The topological polar surface area (TPSA) is 58.6 Å². The molecule has 3 saturated heterocycles. The van der Waals surface area contributed by atoms with E-state index < -0.39 is 0 Å². The SMILES string of the molecule is O=C1CC2(CCN(C(=O)C3(Cc4ccccc4)CCOCC3)CC2)C(c2ccccc2)CN1. The average molecular weight is 447 g/mol. The summed E-state index contributed by atoms with van der Waals surface area (Å²) < 4.78 is 5.65. The molecule has 3 aliphatic heterocycles. The number of amides is 2. The number of benzene rings is 2. The largest absolute Gasteiger partial charge is 0.381 e. The van der Waals surface area contributed by atoms with Gasteiger partial charge in [-0.15, -0.1) is 0 Å². The zero-order valence-corrected chi connectivity index (χ0v) is 19.3. The molecule has 0 aromatic heterocycles. The van der Waals surface area contributed by atoms with Crippen molar-refractivity contribution in [3.05, 3.63) is 71.8 Å². The number of ether oxygens (including phenoxy) is 1. The van der Waals surface area contributed by atoms with Crippen LogP contribution in [0.4, 0.5) is 0 Å². The van der Waals surface area contributed by atoms with Gasteiger partial charge in [-0.25, -0.2) is 0 Å². The number of likely N-dealkylation sites (tertiary alicyclic amines) is 1. The van der Waals surface area contributed by atoms with Gasteiger partial charge in [-0.3, -0.25) is 9.59 Å². The minimum absolute atomic E-state index is 0.0667. The zero-order chi connectivity index (χ0) is 22.7. The summed E-state index contributed by atoms with van der Waals surface area (Å²) in [7, 11) is 0. The highest BCUT2D eigenvalue weighted by Crippen LogP contribution is 2.49. The van der Waals surface area contributed by atoms with Crippen LogP contribution in [-0.2, 0) is 20.7 Å². The lowest BCUT2D eigenvalue weighted by molar-refractivity contribution is -0.151. The summed E-state index contributed by atoms with van der Waals surface area (Å²) >= 11 is 0. The van der Waals surface area contributed by atoms with Crippen molar-refractivity contribution in [3.8, 4) is 0 Å². The Labute approximate surface area is 196 Å². The Hall–Kier alpha value is -2.66. The lowest BCUT2D eigenvalue weighted by Gasteiger charge is -2.50. The molecule has 1 N–H and O–H groups in total. The monoisotopic (exact) mass is 446 g/mol. The predicted octanol–water partition coefficient (Wildman–Crippen LogP) is 3.94. The van der Waals surface area contributed by atoms with E-state index in [9.17, 15) is 9.59 Å². The molecule has 33 heavy (non-hydrogen) atoms. The highest BCUT2D eigenvalue weighted by Gasteiger charge is 2.49. The molecule has 1 unspecified atom stereocenters. The third-order valence-corrected chi connectivity index (χ3v) is 8.29. The first-order chi connectivity index (χ1) is 16.1. The number of carbonyl (C=O) groups is 2. The van der Waals surface area contributed by atoms with Crippen LogP contribution < -0.4 is 5.32 Å². The fourth-order valence-electron chi connectivity index (χ4n) is 6.33. The minimum Gasteiger partial charge on any atom is -0.381 e. The third kappa shape index (κ3) is 4.43. The first kappa shape index (κ1) is 22.1. The van der Waals surface area contributed by atoms with Crippen molar-refractivity contribution in [2.24, 2.45) is 10.8 Å². The number of nitrogens with one attached hydrogen (secondary N) is 1. The van der Waals surface area contributed by atoms with E-state index in [1.54, 1.807) is 0 Å². The van der Waals surface area contributed by atoms with Crippen molar-refractivity contribution in [3.63, 3.8) is 0 Å². The van der Waals surface area contributed by atoms with Crippen molar-refractivity contribution < 1.29 is 14.3 Å². The maximum absolute atomic E-state index is 14.0. The molecule has 0 saturated carbocycles. The van der Waals surface area contributed by atoms with Crippen LogP contribution in [0.2, 0.25) is 0 Å². The first-order valence-corrected chi connectivity index (χ1v) is 12.3.